The van der Waals surface area contributed by atoms with Gasteiger partial charge in [0.2, 0.25) is 0 Å². The predicted octanol–water partition coefficient (Wildman–Crippen LogP) is 3.55. The summed E-state index contributed by atoms with van der Waals surface area (Å²) < 4.78 is 17.6. The number of esters is 1. The second kappa shape index (κ2) is 8.70. The minimum absolute atomic E-state index is 0.0721. The van der Waals surface area contributed by atoms with Gasteiger partial charge in [0, 0.05) is 12.1 Å². The summed E-state index contributed by atoms with van der Waals surface area (Å²) >= 11 is 0. The Hall–Kier alpha value is -3.55. The molecule has 2 aromatic carbocycles. The third-order valence-corrected chi connectivity index (χ3v) is 3.80. The van der Waals surface area contributed by atoms with E-state index in [1.165, 1.54) is 36.4 Å². The van der Waals surface area contributed by atoms with E-state index in [9.17, 15) is 24.1 Å². The first kappa shape index (κ1) is 19.8. The van der Waals surface area contributed by atoms with Crippen LogP contribution in [0.3, 0.4) is 0 Å². The van der Waals surface area contributed by atoms with E-state index in [0.29, 0.717) is 11.1 Å². The van der Waals surface area contributed by atoms with Crippen LogP contribution < -0.4 is 5.32 Å². The van der Waals surface area contributed by atoms with Gasteiger partial charge in [-0.3, -0.25) is 14.9 Å². The molecule has 0 radical (unpaired) electrons. The third-order valence-electron chi connectivity index (χ3n) is 3.80. The Kier molecular flexibility index (Phi) is 6.37. The number of carbonyl (C=O) groups excluding carboxylic acids is 2. The third kappa shape index (κ3) is 5.46. The molecule has 0 atom stereocenters. The smallest absolute Gasteiger partial charge is 0.331 e. The van der Waals surface area contributed by atoms with Gasteiger partial charge in [0.1, 0.15) is 11.5 Å². The minimum Gasteiger partial charge on any atom is -0.452 e. The second-order valence-electron chi connectivity index (χ2n) is 5.70. The molecule has 27 heavy (non-hydrogen) atoms. The van der Waals surface area contributed by atoms with Crippen LogP contribution in [0.5, 0.6) is 0 Å². The summed E-state index contributed by atoms with van der Waals surface area (Å²) in [4.78, 5) is 34.2. The van der Waals surface area contributed by atoms with Crippen molar-refractivity contribution in [2.75, 3.05) is 11.9 Å². The number of hydrogen-bond acceptors (Lipinski definition) is 5. The number of nitro benzene ring substituents is 1. The first-order valence-electron chi connectivity index (χ1n) is 7.93. The quantitative estimate of drug-likeness (QED) is 0.362. The van der Waals surface area contributed by atoms with Crippen LogP contribution >= 0.6 is 0 Å². The molecule has 1 amide bonds. The average molecular weight is 372 g/mol. The van der Waals surface area contributed by atoms with E-state index in [1.807, 2.05) is 0 Å². The van der Waals surface area contributed by atoms with E-state index in [4.69, 9.17) is 4.74 Å². The Morgan fingerprint density at radius 2 is 1.85 bits per heavy atom. The van der Waals surface area contributed by atoms with Crippen molar-refractivity contribution in [2.45, 2.75) is 13.8 Å². The highest BCUT2D eigenvalue weighted by molar-refractivity contribution is 5.97. The number of ether oxygens (including phenoxy) is 1. The van der Waals surface area contributed by atoms with Crippen molar-refractivity contribution in [1.82, 2.24) is 0 Å². The van der Waals surface area contributed by atoms with Gasteiger partial charge >= 0.3 is 5.97 Å². The summed E-state index contributed by atoms with van der Waals surface area (Å²) in [5, 5.41) is 13.5. The van der Waals surface area contributed by atoms with Crippen molar-refractivity contribution in [3.05, 3.63) is 75.1 Å². The molecule has 0 aliphatic carbocycles. The maximum atomic E-state index is 12.8. The molecule has 0 aliphatic heterocycles. The van der Waals surface area contributed by atoms with Gasteiger partial charge in [-0.1, -0.05) is 18.2 Å². The van der Waals surface area contributed by atoms with Gasteiger partial charge in [-0.15, -0.1) is 0 Å². The van der Waals surface area contributed by atoms with Crippen LogP contribution in [-0.2, 0) is 14.3 Å². The molecule has 8 heteroatoms. The molecule has 0 unspecified atom stereocenters. The number of anilines is 1. The van der Waals surface area contributed by atoms with Crippen molar-refractivity contribution in [3.63, 3.8) is 0 Å². The molecule has 0 bridgehead atoms. The number of halogens is 1. The van der Waals surface area contributed by atoms with Crippen LogP contribution in [0.4, 0.5) is 15.8 Å². The lowest BCUT2D eigenvalue weighted by atomic mass is 10.1. The Bertz CT molecular complexity index is 907. The molecular formula is C19H17FN2O5. The molecule has 7 nitrogen and oxygen atoms in total. The topological polar surface area (TPSA) is 98.5 Å². The zero-order valence-electron chi connectivity index (χ0n) is 14.7. The number of carbonyl (C=O) groups is 2. The van der Waals surface area contributed by atoms with Crippen LogP contribution in [0.15, 0.2) is 42.5 Å². The van der Waals surface area contributed by atoms with Crippen LogP contribution in [0.1, 0.15) is 16.7 Å². The van der Waals surface area contributed by atoms with Gasteiger partial charge in [-0.05, 0) is 48.7 Å². The Balaban J connectivity index is 1.96. The van der Waals surface area contributed by atoms with Gasteiger partial charge in [0.05, 0.1) is 4.92 Å². The van der Waals surface area contributed by atoms with Crippen LogP contribution in [0.2, 0.25) is 0 Å². The number of nitrogens with zero attached hydrogens (tertiary/aromatic N) is 1. The minimum atomic E-state index is -0.773. The average Bonchev–Trinajstić information content (AvgIpc) is 2.63. The second-order valence-corrected chi connectivity index (χ2v) is 5.70. The molecule has 0 saturated carbocycles. The lowest BCUT2D eigenvalue weighted by molar-refractivity contribution is -0.384. The summed E-state index contributed by atoms with van der Waals surface area (Å²) in [6.07, 6.45) is 2.51. The largest absolute Gasteiger partial charge is 0.452 e. The number of amides is 1. The number of nitro groups is 1. The van der Waals surface area contributed by atoms with E-state index >= 15 is 0 Å². The van der Waals surface area contributed by atoms with Crippen LogP contribution in [0, 0.1) is 29.8 Å². The molecule has 2 rings (SSSR count). The fourth-order valence-electron chi connectivity index (χ4n) is 2.21. The Morgan fingerprint density at radius 1 is 1.19 bits per heavy atom. The number of hydrogen-bond donors (Lipinski definition) is 1. The van der Waals surface area contributed by atoms with E-state index in [1.54, 1.807) is 19.9 Å². The molecule has 0 aliphatic rings. The van der Waals surface area contributed by atoms with Crippen molar-refractivity contribution >= 4 is 29.3 Å². The summed E-state index contributed by atoms with van der Waals surface area (Å²) in [6, 6.07) is 8.33. The van der Waals surface area contributed by atoms with E-state index in [-0.39, 0.29) is 11.4 Å². The van der Waals surface area contributed by atoms with E-state index in [0.717, 1.165) is 11.6 Å². The molecule has 0 fully saturated rings. The maximum absolute atomic E-state index is 12.8. The fraction of sp³-hybridized carbons (Fsp3) is 0.158. The molecule has 0 spiro atoms. The monoisotopic (exact) mass is 372 g/mol. The highest BCUT2D eigenvalue weighted by atomic mass is 19.1. The Labute approximate surface area is 154 Å². The normalized spacial score (nSPS) is 10.6. The van der Waals surface area contributed by atoms with Gasteiger partial charge < -0.3 is 10.1 Å². The van der Waals surface area contributed by atoms with Gasteiger partial charge in [-0.25, -0.2) is 9.18 Å². The number of benzene rings is 2. The predicted molar refractivity (Wildman–Crippen MR) is 97.6 cm³/mol. The highest BCUT2D eigenvalue weighted by Gasteiger charge is 2.19. The molecule has 2 aromatic rings. The van der Waals surface area contributed by atoms with Gasteiger partial charge in [0.25, 0.3) is 11.6 Å². The molecule has 0 heterocycles. The lowest BCUT2D eigenvalue weighted by Gasteiger charge is -2.11. The fourth-order valence-corrected chi connectivity index (χ4v) is 2.21. The van der Waals surface area contributed by atoms with Crippen LogP contribution in [0.25, 0.3) is 6.08 Å². The SMILES string of the molecule is Cc1ccc([N+](=O)[O-])c(NC(=O)COC(=O)/C=C/c2ccc(F)cc2)c1C. The molecule has 1 N–H and O–H groups in total. The number of rotatable bonds is 6. The number of aryl methyl sites for hydroxylation is 1. The van der Waals surface area contributed by atoms with E-state index in [2.05, 4.69) is 5.32 Å². The van der Waals surface area contributed by atoms with Crippen molar-refractivity contribution in [3.8, 4) is 0 Å². The first-order chi connectivity index (χ1) is 12.8. The van der Waals surface area contributed by atoms with Crippen molar-refractivity contribution in [2.24, 2.45) is 0 Å². The highest BCUT2D eigenvalue weighted by Crippen LogP contribution is 2.30. The first-order valence-corrected chi connectivity index (χ1v) is 7.93. The summed E-state index contributed by atoms with van der Waals surface area (Å²) in [6.45, 7) is 2.81. The summed E-state index contributed by atoms with van der Waals surface area (Å²) in [5.74, 6) is -1.87. The molecule has 140 valence electrons. The zero-order valence-corrected chi connectivity index (χ0v) is 14.7. The summed E-state index contributed by atoms with van der Waals surface area (Å²) in [7, 11) is 0. The lowest BCUT2D eigenvalue weighted by Crippen LogP contribution is -2.21. The van der Waals surface area contributed by atoms with Gasteiger partial charge in [0.15, 0.2) is 6.61 Å². The maximum Gasteiger partial charge on any atom is 0.331 e. The molecular weight excluding hydrogens is 355 g/mol. The summed E-state index contributed by atoms with van der Waals surface area (Å²) in [5.41, 5.74) is 1.75. The number of nitrogens with one attached hydrogen (secondary N) is 1. The molecule has 0 saturated heterocycles. The van der Waals surface area contributed by atoms with Crippen molar-refractivity contribution in [1.29, 1.82) is 0 Å². The van der Waals surface area contributed by atoms with Gasteiger partial charge in [-0.2, -0.15) is 0 Å². The zero-order chi connectivity index (χ0) is 20.0. The molecule has 0 aromatic heterocycles. The van der Waals surface area contributed by atoms with Crippen LogP contribution in [-0.4, -0.2) is 23.4 Å². The van der Waals surface area contributed by atoms with E-state index < -0.39 is 29.2 Å². The van der Waals surface area contributed by atoms with Crippen molar-refractivity contribution < 1.29 is 23.6 Å². The Morgan fingerprint density at radius 3 is 2.48 bits per heavy atom. The standard InChI is InChI=1S/C19H17FN2O5/c1-12-3-9-16(22(25)26)19(13(12)2)21-17(23)11-27-18(24)10-6-14-4-7-15(20)8-5-14/h3-10H,11H2,1-2H3,(H,21,23)/b10-6+.